The van der Waals surface area contributed by atoms with Gasteiger partial charge in [-0.25, -0.2) is 0 Å². The third kappa shape index (κ3) is 15.9. The molecular weight excluding hydrogens is 1260 g/mol. The first-order chi connectivity index (χ1) is 42.2. The van der Waals surface area contributed by atoms with Crippen LogP contribution in [0.5, 0.6) is 0 Å². The molecule has 89 heavy (non-hydrogen) atoms. The number of hydrogen-bond acceptors (Lipinski definition) is 39. The Morgan fingerprint density at radius 3 is 0.596 bits per heavy atom. The van der Waals surface area contributed by atoms with Crippen molar-refractivity contribution >= 4 is 35.5 Å². The minimum Gasteiger partial charge on any atom is -0.480 e. The van der Waals surface area contributed by atoms with Crippen molar-refractivity contribution in [1.82, 2.24) is 0 Å². The highest BCUT2D eigenvalue weighted by Gasteiger charge is 2.60. The van der Waals surface area contributed by atoms with Gasteiger partial charge in [-0.15, -0.1) is 0 Å². The van der Waals surface area contributed by atoms with Crippen molar-refractivity contribution in [1.29, 1.82) is 0 Å². The number of hydrogen-bond donors (Lipinski definition) is 23. The van der Waals surface area contributed by atoms with E-state index in [1.54, 1.807) is 0 Å². The molecule has 21 aliphatic heterocycles. The maximum absolute atomic E-state index is 11.7. The Morgan fingerprint density at radius 2 is 0.438 bits per heavy atom. The number of carbonyl (C=O) groups is 2. The van der Waals surface area contributed by atoms with E-state index in [4.69, 9.17) is 77.8 Å². The Morgan fingerprint density at radius 1 is 0.281 bits per heavy atom. The fourth-order valence-electron chi connectivity index (χ4n) is 11.2. The number of ether oxygens (including phenoxy) is 14. The third-order valence-electron chi connectivity index (χ3n) is 16.2. The van der Waals surface area contributed by atoms with Crippen LogP contribution in [0, 0.1) is 0 Å². The molecule has 0 spiro atoms. The number of aliphatic carboxylic acids is 2. The molecule has 0 aromatic heterocycles. The van der Waals surface area contributed by atoms with Gasteiger partial charge in [0, 0.05) is 23.0 Å². The predicted molar refractivity (Wildman–Crippen MR) is 280 cm³/mol. The zero-order valence-electron chi connectivity index (χ0n) is 46.6. The number of aliphatic hydroxyl groups excluding tert-OH is 19. The van der Waals surface area contributed by atoms with Crippen molar-refractivity contribution < 1.29 is 183 Å². The molecular formula is C48H80N2O37S2. The summed E-state index contributed by atoms with van der Waals surface area (Å²) in [5.74, 6) is -4.26. The molecule has 0 aromatic rings. The lowest BCUT2D eigenvalue weighted by molar-refractivity contribution is -0.395. The van der Waals surface area contributed by atoms with Gasteiger partial charge in [0.1, 0.15) is 171 Å². The first kappa shape index (κ1) is 73.1. The first-order valence-corrected chi connectivity index (χ1v) is 30.4. The SMILES string of the molecule is N[C@H](CSCC1O[C@@H]2O[C@@H]3C(CO)O[C@@H](O[C@@H]4C(CO)O[C@@H](O[C@@H]5C(CSC[C@@H](N)C(=O)O)O[C@@H](O[C@@H]6C(CO)O[C@H](O[C@@H]7C(CO)O[C@H](O[C@@H]8C(CO)O[C@@H](O[C@H]1[C@H](O)C2O)C(O)[C@H]8O)C(O)[C@H]7O)C(O)[C@H]6O)C(O)[C@H]5O)C(O)[C@@H]4O)C(O)[C@H]3O)C(=O)O. The van der Waals surface area contributed by atoms with Crippen molar-refractivity contribution in [2.45, 2.75) is 227 Å². The number of nitrogens with two attached hydrogens (primary N) is 2. The largest absolute Gasteiger partial charge is 0.480 e. The van der Waals surface area contributed by atoms with Gasteiger partial charge in [0.15, 0.2) is 44.0 Å². The Hall–Kier alpha value is -1.76. The molecule has 39 nitrogen and oxygen atoms in total. The van der Waals surface area contributed by atoms with Crippen LogP contribution in [0.1, 0.15) is 0 Å². The fourth-order valence-corrected chi connectivity index (χ4v) is 13.2. The standard InChI is InChI=1S/C48H80N2O37S2/c49-10(40(70)71)6-88-8-17-38-25(62)32(69)48(80-17)85-37-16(5-55)76-44(28(65)21(37)58)83-35-14(3-53)78-46(30(67)23(35)60)87-39-18(9-89-7-11(50)41(72)73)79-47(31(68)24(39)61)84-36-15(4-54)75-43(27(64)20(36)57)81-33-12(1-51)74-42(26(63)19(33)56)82-34-13(2-52)77-45(86-38)29(66)22(34)59/h10-39,42-48,51-69H,1-9,49-50H2,(H,70,71)(H,72,73)/t10-,11-,12?,13?,14?,15?,16?,17?,18?,19-,20-,21-,22-,23+,24-,25-,26?,27?,28?,29?,30?,31?,32?,33-,34-,35-,36-,37-,38-,39-,42-,43-,44+,45+,46+,47+,48-/m1/s1. The summed E-state index contributed by atoms with van der Waals surface area (Å²) in [6, 6.07) is -2.94. The summed E-state index contributed by atoms with van der Waals surface area (Å²) in [6.45, 7) is -5.43. The van der Waals surface area contributed by atoms with Crippen LogP contribution in [-0.4, -0.2) is 402 Å². The van der Waals surface area contributed by atoms with Gasteiger partial charge < -0.3 is 185 Å². The van der Waals surface area contributed by atoms with E-state index in [2.05, 4.69) is 0 Å². The second kappa shape index (κ2) is 31.9. The van der Waals surface area contributed by atoms with Crippen LogP contribution < -0.4 is 11.5 Å². The second-order valence-corrected chi connectivity index (χ2v) is 24.4. The third-order valence-corrected chi connectivity index (χ3v) is 18.5. The monoisotopic (exact) mass is 1340 g/mol. The van der Waals surface area contributed by atoms with Crippen molar-refractivity contribution in [3.63, 3.8) is 0 Å². The topological polar surface area (TPSA) is 640 Å². The van der Waals surface area contributed by atoms with E-state index in [1.165, 1.54) is 0 Å². The number of rotatable bonds is 15. The zero-order chi connectivity index (χ0) is 65.2. The lowest BCUT2D eigenvalue weighted by atomic mass is 9.95. The fraction of sp³-hybridized carbons (Fsp3) is 0.958. The van der Waals surface area contributed by atoms with Gasteiger partial charge in [0.05, 0.1) is 45.2 Å². The quantitative estimate of drug-likeness (QED) is 0.0724. The molecule has 21 fully saturated rings. The van der Waals surface area contributed by atoms with E-state index in [0.29, 0.717) is 0 Å². The van der Waals surface area contributed by atoms with Crippen LogP contribution in [0.15, 0.2) is 0 Å². The second-order valence-electron chi connectivity index (χ2n) is 22.3. The van der Waals surface area contributed by atoms with Crippen molar-refractivity contribution in [3.8, 4) is 0 Å². The summed E-state index contributed by atoms with van der Waals surface area (Å²) in [7, 11) is 0. The van der Waals surface area contributed by atoms with E-state index in [0.717, 1.165) is 23.5 Å². The molecule has 0 amide bonds. The van der Waals surface area contributed by atoms with Crippen LogP contribution in [0.2, 0.25) is 0 Å². The molecule has 21 rings (SSSR count). The van der Waals surface area contributed by atoms with Gasteiger partial charge in [0.25, 0.3) is 0 Å². The predicted octanol–water partition coefficient (Wildman–Crippen LogP) is -14.9. The van der Waals surface area contributed by atoms with E-state index >= 15 is 0 Å². The molecule has 516 valence electrons. The highest BCUT2D eigenvalue weighted by atomic mass is 32.2. The lowest BCUT2D eigenvalue weighted by Gasteiger charge is -2.50. The van der Waals surface area contributed by atoms with Gasteiger partial charge >= 0.3 is 11.9 Å². The Bertz CT molecular complexity index is 2200. The molecule has 0 saturated carbocycles. The van der Waals surface area contributed by atoms with Gasteiger partial charge in [0.2, 0.25) is 0 Å². The first-order valence-electron chi connectivity index (χ1n) is 28.1. The molecule has 21 saturated heterocycles. The molecule has 41 heteroatoms. The van der Waals surface area contributed by atoms with E-state index in [-0.39, 0.29) is 11.5 Å². The normalized spacial score (nSPS) is 50.1. The maximum atomic E-state index is 11.7. The van der Waals surface area contributed by atoms with Crippen LogP contribution in [0.3, 0.4) is 0 Å². The van der Waals surface area contributed by atoms with Gasteiger partial charge in [-0.3, -0.25) is 9.59 Å². The molecule has 21 heterocycles. The summed E-state index contributed by atoms with van der Waals surface area (Å²) in [5.41, 5.74) is 11.4. The molecule has 0 radical (unpaired) electrons. The molecule has 37 atom stereocenters. The Balaban J connectivity index is 1.11. The number of carboxylic acids is 2. The van der Waals surface area contributed by atoms with Crippen LogP contribution in [-0.2, 0) is 75.9 Å². The van der Waals surface area contributed by atoms with Crippen molar-refractivity contribution in [2.24, 2.45) is 11.5 Å². The number of carboxylic acid groups (broad SMARTS) is 2. The summed E-state index contributed by atoms with van der Waals surface area (Å²) in [5, 5.41) is 233. The van der Waals surface area contributed by atoms with E-state index in [1.807, 2.05) is 0 Å². The van der Waals surface area contributed by atoms with E-state index < -0.39 is 284 Å². The molecule has 14 unspecified atom stereocenters. The molecule has 0 aromatic carbocycles. The summed E-state index contributed by atoms with van der Waals surface area (Å²) < 4.78 is 81.6. The zero-order valence-corrected chi connectivity index (χ0v) is 48.3. The van der Waals surface area contributed by atoms with Gasteiger partial charge in [-0.1, -0.05) is 0 Å². The molecule has 0 aliphatic carbocycles. The smallest absolute Gasteiger partial charge is 0.321 e. The minimum atomic E-state index is -2.27. The molecule has 25 N–H and O–H groups in total. The van der Waals surface area contributed by atoms with Crippen molar-refractivity contribution in [3.05, 3.63) is 0 Å². The van der Waals surface area contributed by atoms with E-state index in [9.17, 15) is 117 Å². The summed E-state index contributed by atoms with van der Waals surface area (Å²) >= 11 is 1.60. The van der Waals surface area contributed by atoms with Gasteiger partial charge in [-0.05, 0) is 0 Å². The summed E-state index contributed by atoms with van der Waals surface area (Å²) in [6.07, 6.45) is -71.4. The highest BCUT2D eigenvalue weighted by Crippen LogP contribution is 2.40. The van der Waals surface area contributed by atoms with Crippen molar-refractivity contribution in [2.75, 3.05) is 56.0 Å². The lowest BCUT2D eigenvalue weighted by Crippen LogP contribution is -2.68. The maximum Gasteiger partial charge on any atom is 0.321 e. The van der Waals surface area contributed by atoms with Crippen LogP contribution in [0.25, 0.3) is 0 Å². The Labute approximate surface area is 511 Å². The van der Waals surface area contributed by atoms with Crippen LogP contribution >= 0.6 is 23.5 Å². The Kier molecular flexibility index (Phi) is 26.2. The average Bonchev–Trinajstić information content (AvgIpc) is 0.983. The van der Waals surface area contributed by atoms with Crippen LogP contribution in [0.4, 0.5) is 0 Å². The summed E-state index contributed by atoms with van der Waals surface area (Å²) in [4.78, 5) is 23.2. The van der Waals surface area contributed by atoms with Gasteiger partial charge in [-0.2, -0.15) is 23.5 Å². The number of aliphatic hydroxyl groups is 19. The highest BCUT2D eigenvalue weighted by molar-refractivity contribution is 7.99. The minimum absolute atomic E-state index is 0.319. The average molecular weight is 1340 g/mol. The molecule has 14 bridgehead atoms. The number of thioether (sulfide) groups is 2. The molecule has 21 aliphatic rings.